The van der Waals surface area contributed by atoms with E-state index in [1.165, 1.54) is 4.46 Å². The van der Waals surface area contributed by atoms with Gasteiger partial charge in [0, 0.05) is 0 Å². The van der Waals surface area contributed by atoms with Crippen LogP contribution in [0.1, 0.15) is 26.7 Å². The zero-order chi connectivity index (χ0) is 15.2. The standard InChI is InChI=1S/C17H28OSeSi/c1-7-8-14-17(2,3)16(18-20(4,5)6)19-15-12-10-9-11-13-15/h7,9-13,16H,1,8,14H2,2-6H3. The molecule has 0 aliphatic carbocycles. The Bertz CT molecular complexity index is 409. The Kier molecular flexibility index (Phi) is 6.73. The van der Waals surface area contributed by atoms with E-state index in [1.807, 2.05) is 6.08 Å². The first-order chi connectivity index (χ1) is 9.24. The van der Waals surface area contributed by atoms with E-state index < -0.39 is 8.32 Å². The van der Waals surface area contributed by atoms with Crippen LogP contribution in [0.5, 0.6) is 0 Å². The first-order valence-electron chi connectivity index (χ1n) is 7.25. The van der Waals surface area contributed by atoms with Gasteiger partial charge in [0.15, 0.2) is 0 Å². The Balaban J connectivity index is 2.87. The van der Waals surface area contributed by atoms with Gasteiger partial charge in [-0.05, 0) is 0 Å². The number of allylic oxidation sites excluding steroid dienone is 1. The van der Waals surface area contributed by atoms with Crippen molar-refractivity contribution in [1.29, 1.82) is 0 Å². The molecule has 1 atom stereocenters. The first kappa shape index (κ1) is 17.7. The predicted molar refractivity (Wildman–Crippen MR) is 93.3 cm³/mol. The van der Waals surface area contributed by atoms with Crippen molar-refractivity contribution in [3.8, 4) is 0 Å². The fourth-order valence-electron chi connectivity index (χ4n) is 1.88. The molecular formula is C17H28OSeSi. The molecule has 20 heavy (non-hydrogen) atoms. The molecule has 1 rings (SSSR count). The van der Waals surface area contributed by atoms with Crippen LogP contribution >= 0.6 is 0 Å². The summed E-state index contributed by atoms with van der Waals surface area (Å²) in [4.78, 5) is 0. The van der Waals surface area contributed by atoms with Crippen LogP contribution in [0.3, 0.4) is 0 Å². The van der Waals surface area contributed by atoms with Gasteiger partial charge in [-0.3, -0.25) is 0 Å². The summed E-state index contributed by atoms with van der Waals surface area (Å²) in [5.74, 6) is 0. The fraction of sp³-hybridized carbons (Fsp3) is 0.529. The zero-order valence-electron chi connectivity index (χ0n) is 13.5. The number of hydrogen-bond donors (Lipinski definition) is 0. The monoisotopic (exact) mass is 356 g/mol. The predicted octanol–water partition coefficient (Wildman–Crippen LogP) is 4.19. The second-order valence-electron chi connectivity index (χ2n) is 6.81. The Hall–Kier alpha value is -0.344. The topological polar surface area (TPSA) is 9.23 Å². The summed E-state index contributed by atoms with van der Waals surface area (Å²) in [5.41, 5.74) is 0.199. The molecule has 0 aliphatic rings. The molecule has 0 aromatic heterocycles. The SMILES string of the molecule is C=CCCC(C)(C)C(O[Si](C)(C)C)[Se]c1ccccc1. The second kappa shape index (κ2) is 7.60. The first-order valence-corrected chi connectivity index (χ1v) is 12.5. The molecule has 0 fully saturated rings. The van der Waals surface area contributed by atoms with Gasteiger partial charge in [0.05, 0.1) is 0 Å². The number of benzene rings is 1. The molecule has 112 valence electrons. The van der Waals surface area contributed by atoms with E-state index >= 15 is 0 Å². The minimum absolute atomic E-state index is 0.199. The molecular weight excluding hydrogens is 327 g/mol. The van der Waals surface area contributed by atoms with Gasteiger partial charge >= 0.3 is 132 Å². The van der Waals surface area contributed by atoms with E-state index in [9.17, 15) is 0 Å². The van der Waals surface area contributed by atoms with Crippen LogP contribution in [0, 0.1) is 5.41 Å². The summed E-state index contributed by atoms with van der Waals surface area (Å²) in [5, 5.41) is 0.337. The molecule has 0 bridgehead atoms. The van der Waals surface area contributed by atoms with Crippen LogP contribution in [0.2, 0.25) is 19.6 Å². The Morgan fingerprint density at radius 2 is 1.85 bits per heavy atom. The third-order valence-corrected chi connectivity index (χ3v) is 7.53. The molecule has 1 aromatic rings. The molecule has 0 radical (unpaired) electrons. The van der Waals surface area contributed by atoms with E-state index in [4.69, 9.17) is 4.43 Å². The molecule has 1 nitrogen and oxygen atoms in total. The van der Waals surface area contributed by atoms with Crippen molar-refractivity contribution < 1.29 is 4.43 Å². The third-order valence-electron chi connectivity index (χ3n) is 3.08. The summed E-state index contributed by atoms with van der Waals surface area (Å²) >= 11 is 0.353. The van der Waals surface area contributed by atoms with Crippen molar-refractivity contribution in [3.05, 3.63) is 43.0 Å². The van der Waals surface area contributed by atoms with Gasteiger partial charge < -0.3 is 0 Å². The number of rotatable bonds is 8. The van der Waals surface area contributed by atoms with Crippen LogP contribution in [0.25, 0.3) is 0 Å². The Morgan fingerprint density at radius 1 is 1.25 bits per heavy atom. The molecule has 0 N–H and O–H groups in total. The van der Waals surface area contributed by atoms with Gasteiger partial charge in [-0.25, -0.2) is 0 Å². The van der Waals surface area contributed by atoms with E-state index in [0.29, 0.717) is 20.0 Å². The summed E-state index contributed by atoms with van der Waals surface area (Å²) in [6, 6.07) is 10.8. The maximum atomic E-state index is 6.54. The van der Waals surface area contributed by atoms with Crippen LogP contribution < -0.4 is 4.46 Å². The van der Waals surface area contributed by atoms with E-state index in [1.54, 1.807) is 0 Å². The van der Waals surface area contributed by atoms with Gasteiger partial charge in [-0.15, -0.1) is 0 Å². The van der Waals surface area contributed by atoms with Crippen LogP contribution in [-0.2, 0) is 4.43 Å². The second-order valence-corrected chi connectivity index (χ2v) is 13.7. The molecule has 0 heterocycles. The van der Waals surface area contributed by atoms with Gasteiger partial charge in [-0.2, -0.15) is 0 Å². The summed E-state index contributed by atoms with van der Waals surface area (Å²) in [7, 11) is -1.53. The molecule has 0 saturated carbocycles. The summed E-state index contributed by atoms with van der Waals surface area (Å²) < 4.78 is 7.96. The van der Waals surface area contributed by atoms with Crippen molar-refractivity contribution in [2.45, 2.75) is 51.3 Å². The Labute approximate surface area is 132 Å². The van der Waals surface area contributed by atoms with Crippen LogP contribution in [0.15, 0.2) is 43.0 Å². The van der Waals surface area contributed by atoms with Gasteiger partial charge in [0.1, 0.15) is 0 Å². The van der Waals surface area contributed by atoms with Crippen LogP contribution in [0.4, 0.5) is 0 Å². The minimum atomic E-state index is -1.53. The zero-order valence-corrected chi connectivity index (χ0v) is 16.2. The van der Waals surface area contributed by atoms with Crippen molar-refractivity contribution in [2.75, 3.05) is 0 Å². The van der Waals surface area contributed by atoms with Gasteiger partial charge in [0.25, 0.3) is 0 Å². The average Bonchev–Trinajstić information content (AvgIpc) is 2.35. The molecule has 0 saturated heterocycles. The molecule has 3 heteroatoms. The van der Waals surface area contributed by atoms with Crippen molar-refractivity contribution in [3.63, 3.8) is 0 Å². The van der Waals surface area contributed by atoms with Crippen LogP contribution in [-0.4, -0.2) is 28.3 Å². The summed E-state index contributed by atoms with van der Waals surface area (Å²) in [6.07, 6.45) is 4.21. The quantitative estimate of drug-likeness (QED) is 0.502. The normalized spacial score (nSPS) is 14.1. The average molecular weight is 355 g/mol. The van der Waals surface area contributed by atoms with Crippen molar-refractivity contribution in [1.82, 2.24) is 0 Å². The van der Waals surface area contributed by atoms with E-state index in [2.05, 4.69) is 70.4 Å². The third kappa shape index (κ3) is 6.40. The maximum absolute atomic E-state index is 6.54. The molecule has 0 amide bonds. The fourth-order valence-corrected chi connectivity index (χ4v) is 7.10. The molecule has 1 unspecified atom stereocenters. The molecule has 0 spiro atoms. The van der Waals surface area contributed by atoms with Crippen molar-refractivity contribution in [2.24, 2.45) is 5.41 Å². The van der Waals surface area contributed by atoms with Gasteiger partial charge in [0.2, 0.25) is 0 Å². The molecule has 0 aliphatic heterocycles. The van der Waals surface area contributed by atoms with E-state index in [-0.39, 0.29) is 5.41 Å². The van der Waals surface area contributed by atoms with E-state index in [0.717, 1.165) is 12.8 Å². The van der Waals surface area contributed by atoms with Crippen molar-refractivity contribution >= 4 is 27.7 Å². The van der Waals surface area contributed by atoms with Gasteiger partial charge in [-0.1, -0.05) is 0 Å². The Morgan fingerprint density at radius 3 is 2.35 bits per heavy atom. The summed E-state index contributed by atoms with van der Waals surface area (Å²) in [6.45, 7) is 15.4. The molecule has 1 aromatic carbocycles. The number of hydrogen-bond acceptors (Lipinski definition) is 1.